The number of nitrogens with zero attached hydrogens (tertiary/aromatic N) is 1. The first kappa shape index (κ1) is 13.7. The maximum atomic E-state index is 11.4. The fraction of sp³-hybridized carbons (Fsp3) is 0.500. The first-order valence-electron chi connectivity index (χ1n) is 5.46. The number of carbonyl (C=O) groups excluding carboxylic acids is 1. The van der Waals surface area contributed by atoms with E-state index in [2.05, 4.69) is 21.5 Å². The third-order valence-electron chi connectivity index (χ3n) is 1.91. The lowest BCUT2D eigenvalue weighted by Gasteiger charge is -2.05. The summed E-state index contributed by atoms with van der Waals surface area (Å²) in [6.45, 7) is 6.40. The second-order valence-electron chi connectivity index (χ2n) is 3.56. The van der Waals surface area contributed by atoms with Crippen LogP contribution in [0.4, 0.5) is 5.00 Å². The van der Waals surface area contributed by atoms with E-state index >= 15 is 0 Å². The van der Waals surface area contributed by atoms with Crippen LogP contribution in [0.2, 0.25) is 0 Å². The van der Waals surface area contributed by atoms with E-state index in [9.17, 15) is 4.79 Å². The number of ether oxygens (including phenoxy) is 1. The highest BCUT2D eigenvalue weighted by molar-refractivity contribution is 7.10. The van der Waals surface area contributed by atoms with Crippen molar-refractivity contribution in [3.05, 3.63) is 11.8 Å². The summed E-state index contributed by atoms with van der Waals surface area (Å²) < 4.78 is 9.36. The highest BCUT2D eigenvalue weighted by atomic mass is 32.1. The first-order valence-corrected chi connectivity index (χ1v) is 6.24. The van der Waals surface area contributed by atoms with E-state index < -0.39 is 0 Å². The molecule has 0 saturated carbocycles. The van der Waals surface area contributed by atoms with Gasteiger partial charge in [-0.25, -0.2) is 0 Å². The predicted molar refractivity (Wildman–Crippen MR) is 69.0 cm³/mol. The highest BCUT2D eigenvalue weighted by Gasteiger charge is 2.01. The van der Waals surface area contributed by atoms with Crippen molar-refractivity contribution < 1.29 is 9.53 Å². The van der Waals surface area contributed by atoms with Crippen LogP contribution < -0.4 is 5.32 Å². The molecular formula is C12H16N2O2S. The number of carbonyl (C=O) groups is 1. The SMILES string of the molecule is CCOC(C)CC#CC(=O)Nc1cc(C)ns1. The minimum atomic E-state index is -0.308. The molecule has 0 spiro atoms. The van der Waals surface area contributed by atoms with Gasteiger partial charge < -0.3 is 10.1 Å². The van der Waals surface area contributed by atoms with E-state index in [4.69, 9.17) is 4.74 Å². The van der Waals surface area contributed by atoms with Gasteiger partial charge in [0.15, 0.2) is 0 Å². The van der Waals surface area contributed by atoms with Crippen molar-refractivity contribution in [2.24, 2.45) is 0 Å². The molecule has 0 saturated heterocycles. The van der Waals surface area contributed by atoms with E-state index in [1.807, 2.05) is 26.8 Å². The zero-order chi connectivity index (χ0) is 12.7. The maximum Gasteiger partial charge on any atom is 0.300 e. The lowest BCUT2D eigenvalue weighted by atomic mass is 10.3. The molecule has 5 heteroatoms. The molecule has 0 radical (unpaired) electrons. The summed E-state index contributed by atoms with van der Waals surface area (Å²) in [7, 11) is 0. The van der Waals surface area contributed by atoms with Gasteiger partial charge in [0.1, 0.15) is 5.00 Å². The zero-order valence-electron chi connectivity index (χ0n) is 10.2. The molecule has 0 bridgehead atoms. The molecule has 0 aliphatic heterocycles. The number of aromatic nitrogens is 1. The Kier molecular flexibility index (Phi) is 5.67. The van der Waals surface area contributed by atoms with Crippen LogP contribution >= 0.6 is 11.5 Å². The molecule has 0 fully saturated rings. The Morgan fingerprint density at radius 2 is 2.47 bits per heavy atom. The van der Waals surface area contributed by atoms with Crippen LogP contribution in [-0.4, -0.2) is 23.0 Å². The van der Waals surface area contributed by atoms with Gasteiger partial charge in [-0.15, -0.1) is 0 Å². The minimum absolute atomic E-state index is 0.0611. The van der Waals surface area contributed by atoms with Gasteiger partial charge in [0.25, 0.3) is 0 Å². The van der Waals surface area contributed by atoms with Crippen LogP contribution in [0.25, 0.3) is 0 Å². The lowest BCUT2D eigenvalue weighted by Crippen LogP contribution is -2.09. The molecule has 0 aromatic carbocycles. The fourth-order valence-corrected chi connectivity index (χ4v) is 1.84. The molecule has 1 rings (SSSR count). The Bertz CT molecular complexity index is 431. The quantitative estimate of drug-likeness (QED) is 0.836. The van der Waals surface area contributed by atoms with E-state index in [-0.39, 0.29) is 12.0 Å². The molecule has 0 aliphatic rings. The van der Waals surface area contributed by atoms with Gasteiger partial charge in [-0.2, -0.15) is 4.37 Å². The van der Waals surface area contributed by atoms with Crippen LogP contribution in [0.3, 0.4) is 0 Å². The second kappa shape index (κ2) is 7.05. The molecule has 1 aromatic heterocycles. The minimum Gasteiger partial charge on any atom is -0.378 e. The van der Waals surface area contributed by atoms with E-state index in [0.29, 0.717) is 13.0 Å². The molecule has 1 unspecified atom stereocenters. The normalized spacial score (nSPS) is 11.5. The Balaban J connectivity index is 2.37. The Morgan fingerprint density at radius 1 is 1.71 bits per heavy atom. The number of hydrogen-bond donors (Lipinski definition) is 1. The molecule has 17 heavy (non-hydrogen) atoms. The van der Waals surface area contributed by atoms with Crippen LogP contribution in [-0.2, 0) is 9.53 Å². The summed E-state index contributed by atoms with van der Waals surface area (Å²) in [6.07, 6.45) is 0.620. The van der Waals surface area contributed by atoms with E-state index in [1.54, 1.807) is 0 Å². The molecule has 92 valence electrons. The highest BCUT2D eigenvalue weighted by Crippen LogP contribution is 2.14. The van der Waals surface area contributed by atoms with Gasteiger partial charge in [-0.05, 0) is 44.3 Å². The zero-order valence-corrected chi connectivity index (χ0v) is 11.1. The van der Waals surface area contributed by atoms with Crippen molar-refractivity contribution in [3.63, 3.8) is 0 Å². The fourth-order valence-electron chi connectivity index (χ4n) is 1.18. The molecule has 1 atom stereocenters. The molecule has 1 N–H and O–H groups in total. The molecule has 0 aliphatic carbocycles. The summed E-state index contributed by atoms with van der Waals surface area (Å²) in [5.41, 5.74) is 0.892. The van der Waals surface area contributed by atoms with Gasteiger partial charge in [-0.3, -0.25) is 4.79 Å². The summed E-state index contributed by atoms with van der Waals surface area (Å²) in [5, 5.41) is 3.39. The van der Waals surface area contributed by atoms with Crippen molar-refractivity contribution in [3.8, 4) is 11.8 Å². The molecular weight excluding hydrogens is 236 g/mol. The number of hydrogen-bond acceptors (Lipinski definition) is 4. The van der Waals surface area contributed by atoms with E-state index in [0.717, 1.165) is 10.7 Å². The van der Waals surface area contributed by atoms with Gasteiger partial charge in [0.2, 0.25) is 0 Å². The van der Waals surface area contributed by atoms with Crippen LogP contribution in [0.1, 0.15) is 26.0 Å². The maximum absolute atomic E-state index is 11.4. The standard InChI is InChI=1S/C12H16N2O2S/c1-4-16-10(3)6-5-7-11(15)13-12-8-9(2)14-17-12/h8,10H,4,6H2,1-3H3,(H,13,15). The summed E-state index contributed by atoms with van der Waals surface area (Å²) in [6, 6.07) is 1.81. The van der Waals surface area contributed by atoms with Gasteiger partial charge in [0.05, 0.1) is 11.8 Å². The number of rotatable bonds is 4. The smallest absolute Gasteiger partial charge is 0.300 e. The molecule has 4 nitrogen and oxygen atoms in total. The molecule has 1 amide bonds. The lowest BCUT2D eigenvalue weighted by molar-refractivity contribution is -0.111. The van der Waals surface area contributed by atoms with Gasteiger partial charge in [-0.1, -0.05) is 5.92 Å². The van der Waals surface area contributed by atoms with Crippen molar-refractivity contribution in [2.75, 3.05) is 11.9 Å². The number of nitrogens with one attached hydrogen (secondary N) is 1. The van der Waals surface area contributed by atoms with Gasteiger partial charge in [0, 0.05) is 13.0 Å². The number of amides is 1. The molecule has 1 heterocycles. The largest absolute Gasteiger partial charge is 0.378 e. The second-order valence-corrected chi connectivity index (χ2v) is 4.36. The molecule has 1 aromatic rings. The van der Waals surface area contributed by atoms with Crippen LogP contribution in [0.15, 0.2) is 6.07 Å². The van der Waals surface area contributed by atoms with Crippen molar-refractivity contribution >= 4 is 22.4 Å². The first-order chi connectivity index (χ1) is 8.11. The van der Waals surface area contributed by atoms with Crippen LogP contribution in [0.5, 0.6) is 0 Å². The Morgan fingerprint density at radius 3 is 3.06 bits per heavy atom. The topological polar surface area (TPSA) is 51.2 Å². The third kappa shape index (κ3) is 5.48. The van der Waals surface area contributed by atoms with Crippen molar-refractivity contribution in [2.45, 2.75) is 33.3 Å². The van der Waals surface area contributed by atoms with Crippen molar-refractivity contribution in [1.29, 1.82) is 0 Å². The third-order valence-corrected chi connectivity index (χ3v) is 2.70. The van der Waals surface area contributed by atoms with Gasteiger partial charge >= 0.3 is 5.91 Å². The number of anilines is 1. The number of aryl methyl sites for hydroxylation is 1. The predicted octanol–water partition coefficient (Wildman–Crippen LogP) is 2.21. The summed E-state index contributed by atoms with van der Waals surface area (Å²) >= 11 is 1.25. The Labute approximate surface area is 106 Å². The Hall–Kier alpha value is -1.38. The van der Waals surface area contributed by atoms with Crippen LogP contribution in [0, 0.1) is 18.8 Å². The van der Waals surface area contributed by atoms with E-state index in [1.165, 1.54) is 11.5 Å². The average Bonchev–Trinajstić information content (AvgIpc) is 2.64. The van der Waals surface area contributed by atoms with Crippen molar-refractivity contribution in [1.82, 2.24) is 4.37 Å². The monoisotopic (exact) mass is 252 g/mol. The average molecular weight is 252 g/mol. The summed E-state index contributed by atoms with van der Waals surface area (Å²) in [4.78, 5) is 11.4. The summed E-state index contributed by atoms with van der Waals surface area (Å²) in [5.74, 6) is 5.01.